The standard InChI is InChI=1S/C15H20N2O5S/c1-9(2)6-12(15(19)20)16-23(21,22)11-4-5-13-10(7-11)8-14(18)17(13)3/h4-5,7,9,12,16H,6,8H2,1-3H3,(H,19,20). The van der Waals surface area contributed by atoms with Gasteiger partial charge in [-0.1, -0.05) is 13.8 Å². The van der Waals surface area contributed by atoms with Crippen LogP contribution in [-0.4, -0.2) is 38.5 Å². The van der Waals surface area contributed by atoms with Gasteiger partial charge in [0.05, 0.1) is 11.3 Å². The predicted octanol–water partition coefficient (Wildman–Crippen LogP) is 0.983. The molecule has 0 saturated heterocycles. The third kappa shape index (κ3) is 3.70. The average Bonchev–Trinajstić information content (AvgIpc) is 2.72. The minimum atomic E-state index is -3.97. The number of carboxylic acids is 1. The predicted molar refractivity (Wildman–Crippen MR) is 84.8 cm³/mol. The smallest absolute Gasteiger partial charge is 0.321 e. The monoisotopic (exact) mass is 340 g/mol. The number of benzene rings is 1. The summed E-state index contributed by atoms with van der Waals surface area (Å²) in [5.41, 5.74) is 1.29. The summed E-state index contributed by atoms with van der Waals surface area (Å²) >= 11 is 0. The second kappa shape index (κ2) is 6.29. The molecule has 1 unspecified atom stereocenters. The van der Waals surface area contributed by atoms with Crippen LogP contribution in [0.3, 0.4) is 0 Å². The average molecular weight is 340 g/mol. The molecular formula is C15H20N2O5S. The lowest BCUT2D eigenvalue weighted by molar-refractivity contribution is -0.139. The van der Waals surface area contributed by atoms with Crippen molar-refractivity contribution in [1.82, 2.24) is 4.72 Å². The summed E-state index contributed by atoms with van der Waals surface area (Å²) in [6, 6.07) is 3.18. The largest absolute Gasteiger partial charge is 0.480 e. The highest BCUT2D eigenvalue weighted by molar-refractivity contribution is 7.89. The number of nitrogens with one attached hydrogen (secondary N) is 1. The Labute approximate surface area is 135 Å². The fourth-order valence-corrected chi connectivity index (χ4v) is 3.79. The molecule has 2 N–H and O–H groups in total. The molecule has 2 rings (SSSR count). The Morgan fingerprint density at radius 2 is 2.04 bits per heavy atom. The number of likely N-dealkylation sites (N-methyl/N-ethyl adjacent to an activating group) is 1. The van der Waals surface area contributed by atoms with Gasteiger partial charge in [-0.3, -0.25) is 9.59 Å². The zero-order chi connectivity index (χ0) is 17.4. The lowest BCUT2D eigenvalue weighted by Crippen LogP contribution is -2.41. The highest BCUT2D eigenvalue weighted by Crippen LogP contribution is 2.29. The molecule has 1 aromatic carbocycles. The van der Waals surface area contributed by atoms with E-state index >= 15 is 0 Å². The van der Waals surface area contributed by atoms with Crippen molar-refractivity contribution in [3.05, 3.63) is 23.8 Å². The third-order valence-corrected chi connectivity index (χ3v) is 5.21. The highest BCUT2D eigenvalue weighted by atomic mass is 32.2. The fourth-order valence-electron chi connectivity index (χ4n) is 2.54. The molecular weight excluding hydrogens is 320 g/mol. The quantitative estimate of drug-likeness (QED) is 0.803. The molecule has 7 nitrogen and oxygen atoms in total. The van der Waals surface area contributed by atoms with E-state index in [0.29, 0.717) is 11.3 Å². The number of aliphatic carboxylic acids is 1. The number of carboxylic acid groups (broad SMARTS) is 1. The van der Waals surface area contributed by atoms with E-state index in [4.69, 9.17) is 0 Å². The Morgan fingerprint density at radius 1 is 1.39 bits per heavy atom. The molecule has 0 aliphatic carbocycles. The van der Waals surface area contributed by atoms with E-state index in [1.807, 2.05) is 13.8 Å². The van der Waals surface area contributed by atoms with Gasteiger partial charge in [-0.15, -0.1) is 0 Å². The lowest BCUT2D eigenvalue weighted by atomic mass is 10.1. The van der Waals surface area contributed by atoms with Gasteiger partial charge < -0.3 is 10.0 Å². The van der Waals surface area contributed by atoms with Crippen molar-refractivity contribution in [2.45, 2.75) is 37.6 Å². The number of hydrogen-bond acceptors (Lipinski definition) is 4. The summed E-state index contributed by atoms with van der Waals surface area (Å²) in [6.45, 7) is 3.64. The number of rotatable bonds is 6. The first kappa shape index (κ1) is 17.4. The summed E-state index contributed by atoms with van der Waals surface area (Å²) in [4.78, 5) is 24.3. The van der Waals surface area contributed by atoms with Crippen molar-refractivity contribution in [3.8, 4) is 0 Å². The summed E-state index contributed by atoms with van der Waals surface area (Å²) in [5.74, 6) is -1.28. The van der Waals surface area contributed by atoms with E-state index in [1.54, 1.807) is 13.1 Å². The second-order valence-corrected chi connectivity index (χ2v) is 7.78. The fraction of sp³-hybridized carbons (Fsp3) is 0.467. The summed E-state index contributed by atoms with van der Waals surface area (Å²) in [5, 5.41) is 9.18. The van der Waals surface area contributed by atoms with Crippen molar-refractivity contribution < 1.29 is 23.1 Å². The van der Waals surface area contributed by atoms with E-state index < -0.39 is 22.0 Å². The van der Waals surface area contributed by atoms with E-state index in [2.05, 4.69) is 4.72 Å². The van der Waals surface area contributed by atoms with Gasteiger partial charge in [0.25, 0.3) is 0 Å². The lowest BCUT2D eigenvalue weighted by Gasteiger charge is -2.17. The van der Waals surface area contributed by atoms with Gasteiger partial charge in [0, 0.05) is 12.7 Å². The summed E-state index contributed by atoms with van der Waals surface area (Å²) in [6.07, 6.45) is 0.338. The molecule has 1 amide bonds. The Morgan fingerprint density at radius 3 is 2.61 bits per heavy atom. The maximum atomic E-state index is 12.4. The number of carbonyl (C=O) groups excluding carboxylic acids is 1. The molecule has 1 aromatic rings. The number of carbonyl (C=O) groups is 2. The zero-order valence-electron chi connectivity index (χ0n) is 13.2. The van der Waals surface area contributed by atoms with E-state index in [1.165, 1.54) is 17.0 Å². The van der Waals surface area contributed by atoms with Crippen molar-refractivity contribution in [3.63, 3.8) is 0 Å². The van der Waals surface area contributed by atoms with Crippen LogP contribution in [0.4, 0.5) is 5.69 Å². The van der Waals surface area contributed by atoms with Gasteiger partial charge in [0.15, 0.2) is 0 Å². The van der Waals surface area contributed by atoms with Gasteiger partial charge in [-0.2, -0.15) is 4.72 Å². The maximum absolute atomic E-state index is 12.4. The van der Waals surface area contributed by atoms with Gasteiger partial charge >= 0.3 is 5.97 Å². The van der Waals surface area contributed by atoms with Crippen LogP contribution < -0.4 is 9.62 Å². The summed E-state index contributed by atoms with van der Waals surface area (Å²) < 4.78 is 27.1. The molecule has 1 aliphatic rings. The van der Waals surface area contributed by atoms with Crippen LogP contribution in [0.5, 0.6) is 0 Å². The molecule has 0 saturated carbocycles. The van der Waals surface area contributed by atoms with Gasteiger partial charge in [0.1, 0.15) is 6.04 Å². The van der Waals surface area contributed by atoms with Crippen LogP contribution >= 0.6 is 0 Å². The normalized spacial score (nSPS) is 15.8. The maximum Gasteiger partial charge on any atom is 0.321 e. The molecule has 126 valence electrons. The van der Waals surface area contributed by atoms with E-state index in [-0.39, 0.29) is 29.6 Å². The minimum Gasteiger partial charge on any atom is -0.480 e. The van der Waals surface area contributed by atoms with Crippen molar-refractivity contribution in [1.29, 1.82) is 0 Å². The van der Waals surface area contributed by atoms with Crippen molar-refractivity contribution in [2.24, 2.45) is 5.92 Å². The first-order valence-corrected chi connectivity index (χ1v) is 8.74. The second-order valence-electron chi connectivity index (χ2n) is 6.06. The summed E-state index contributed by atoms with van der Waals surface area (Å²) in [7, 11) is -2.34. The van der Waals surface area contributed by atoms with Crippen molar-refractivity contribution in [2.75, 3.05) is 11.9 Å². The third-order valence-electron chi connectivity index (χ3n) is 3.74. The van der Waals surface area contributed by atoms with E-state index in [9.17, 15) is 23.1 Å². The van der Waals surface area contributed by atoms with Crippen LogP contribution in [0.2, 0.25) is 0 Å². The Kier molecular flexibility index (Phi) is 4.76. The SMILES string of the molecule is CC(C)CC(NS(=O)(=O)c1ccc2c(c1)CC(=O)N2C)C(=O)O. The van der Waals surface area contributed by atoms with Crippen molar-refractivity contribution >= 4 is 27.6 Å². The van der Waals surface area contributed by atoms with Gasteiger partial charge in [-0.25, -0.2) is 8.42 Å². The minimum absolute atomic E-state index is 0.0325. The topological polar surface area (TPSA) is 104 Å². The van der Waals surface area contributed by atoms with Crippen LogP contribution in [0.25, 0.3) is 0 Å². The Bertz CT molecular complexity index is 742. The molecule has 23 heavy (non-hydrogen) atoms. The molecule has 1 aliphatic heterocycles. The molecule has 0 spiro atoms. The van der Waals surface area contributed by atoms with Crippen LogP contribution in [0.1, 0.15) is 25.8 Å². The molecule has 0 radical (unpaired) electrons. The Hall–Kier alpha value is -1.93. The van der Waals surface area contributed by atoms with E-state index in [0.717, 1.165) is 0 Å². The van der Waals surface area contributed by atoms with Gasteiger partial charge in [-0.05, 0) is 36.1 Å². The van der Waals surface area contributed by atoms with Crippen LogP contribution in [0.15, 0.2) is 23.1 Å². The highest BCUT2D eigenvalue weighted by Gasteiger charge is 2.29. The number of hydrogen-bond donors (Lipinski definition) is 2. The molecule has 8 heteroatoms. The molecule has 1 heterocycles. The molecule has 0 aromatic heterocycles. The number of amides is 1. The van der Waals surface area contributed by atoms with Crippen LogP contribution in [0, 0.1) is 5.92 Å². The first-order valence-electron chi connectivity index (χ1n) is 7.26. The Balaban J connectivity index is 2.28. The zero-order valence-corrected chi connectivity index (χ0v) is 14.1. The number of nitrogens with zero attached hydrogens (tertiary/aromatic N) is 1. The van der Waals surface area contributed by atoms with Gasteiger partial charge in [0.2, 0.25) is 15.9 Å². The number of sulfonamides is 1. The molecule has 0 fully saturated rings. The number of anilines is 1. The van der Waals surface area contributed by atoms with Crippen LogP contribution in [-0.2, 0) is 26.0 Å². The first-order chi connectivity index (χ1) is 10.6. The number of fused-ring (bicyclic) bond motifs is 1. The molecule has 0 bridgehead atoms. The molecule has 1 atom stereocenters.